The minimum absolute atomic E-state index is 0.224. The zero-order valence-corrected chi connectivity index (χ0v) is 12.0. The summed E-state index contributed by atoms with van der Waals surface area (Å²) in [6.07, 6.45) is -2.68. The fourth-order valence-corrected chi connectivity index (χ4v) is 1.79. The molecule has 0 aliphatic rings. The predicted molar refractivity (Wildman–Crippen MR) is 74.1 cm³/mol. The van der Waals surface area contributed by atoms with Crippen LogP contribution in [-0.4, -0.2) is 41.4 Å². The fraction of sp³-hybridized carbons (Fsp3) is 0.500. The first-order chi connectivity index (χ1) is 9.95. The van der Waals surface area contributed by atoms with Crippen LogP contribution in [0.2, 0.25) is 0 Å². The van der Waals surface area contributed by atoms with Gasteiger partial charge < -0.3 is 14.6 Å². The van der Waals surface area contributed by atoms with Crippen molar-refractivity contribution in [1.82, 2.24) is 0 Å². The molecule has 116 valence electrons. The Balaban J connectivity index is 2.59. The Morgan fingerprint density at radius 3 is 2.52 bits per heavy atom. The maximum absolute atomic E-state index is 11.2. The lowest BCUT2D eigenvalue weighted by Crippen LogP contribution is -2.43. The summed E-state index contributed by atoms with van der Waals surface area (Å²) in [5.41, 5.74) is 0.891. The molecule has 0 aliphatic carbocycles. The van der Waals surface area contributed by atoms with E-state index in [1.165, 1.54) is 6.92 Å². The number of rotatable bonds is 8. The van der Waals surface area contributed by atoms with Gasteiger partial charge in [0.1, 0.15) is 12.5 Å². The molecule has 0 bridgehead atoms. The van der Waals surface area contributed by atoms with E-state index in [1.807, 2.05) is 30.3 Å². The number of aliphatic hydroxyl groups excluding tert-OH is 1. The van der Waals surface area contributed by atoms with Crippen molar-refractivity contribution in [2.24, 2.45) is 0 Å². The molecule has 7 nitrogen and oxygen atoms in total. The highest BCUT2D eigenvalue weighted by molar-refractivity contribution is 5.69. The van der Waals surface area contributed by atoms with Crippen LogP contribution >= 0.6 is 0 Å². The molecule has 0 fully saturated rings. The Morgan fingerprint density at radius 1 is 1.38 bits per heavy atom. The average molecular weight is 297 g/mol. The van der Waals surface area contributed by atoms with Crippen LogP contribution < -0.4 is 0 Å². The van der Waals surface area contributed by atoms with Crippen LogP contribution in [0.3, 0.4) is 0 Å². The van der Waals surface area contributed by atoms with Crippen LogP contribution in [0.25, 0.3) is 0 Å². The Kier molecular flexibility index (Phi) is 6.77. The van der Waals surface area contributed by atoms with E-state index in [2.05, 4.69) is 4.74 Å². The topological polar surface area (TPSA) is 98.9 Å². The number of hydrogen-bond donors (Lipinski definition) is 1. The van der Waals surface area contributed by atoms with Crippen LogP contribution in [0.15, 0.2) is 30.3 Å². The molecule has 1 aromatic rings. The molecule has 0 aliphatic heterocycles. The smallest absolute Gasteiger partial charge is 0.312 e. The summed E-state index contributed by atoms with van der Waals surface area (Å²) in [6.45, 7) is 1.75. The SMILES string of the molecule is COC(=O)CC(C(O)C(C)OCc1ccccc1)[N+](=O)[O-]. The van der Waals surface area contributed by atoms with Gasteiger partial charge in [-0.05, 0) is 12.5 Å². The molecular weight excluding hydrogens is 278 g/mol. The Hall–Kier alpha value is -1.99. The minimum Gasteiger partial charge on any atom is -0.469 e. The largest absolute Gasteiger partial charge is 0.469 e. The van der Waals surface area contributed by atoms with Gasteiger partial charge in [0.2, 0.25) is 0 Å². The summed E-state index contributed by atoms with van der Waals surface area (Å²) >= 11 is 0. The van der Waals surface area contributed by atoms with E-state index in [-0.39, 0.29) is 6.61 Å². The first-order valence-corrected chi connectivity index (χ1v) is 6.49. The molecule has 0 saturated heterocycles. The normalized spacial score (nSPS) is 15.0. The minimum atomic E-state index is -1.46. The number of methoxy groups -OCH3 is 1. The average Bonchev–Trinajstić information content (AvgIpc) is 2.49. The highest BCUT2D eigenvalue weighted by atomic mass is 16.6. The molecule has 21 heavy (non-hydrogen) atoms. The first-order valence-electron chi connectivity index (χ1n) is 6.49. The third-order valence-corrected chi connectivity index (χ3v) is 3.11. The van der Waals surface area contributed by atoms with E-state index < -0.39 is 35.6 Å². The van der Waals surface area contributed by atoms with Crippen molar-refractivity contribution in [2.75, 3.05) is 7.11 Å². The van der Waals surface area contributed by atoms with Crippen molar-refractivity contribution in [3.63, 3.8) is 0 Å². The highest BCUT2D eigenvalue weighted by Crippen LogP contribution is 2.13. The molecule has 0 amide bonds. The molecule has 0 spiro atoms. The Morgan fingerprint density at radius 2 is 2.00 bits per heavy atom. The number of carbonyl (C=O) groups excluding carboxylic acids is 1. The summed E-state index contributed by atoms with van der Waals surface area (Å²) in [5, 5.41) is 20.9. The standard InChI is InChI=1S/C14H19NO6/c1-10(21-9-11-6-4-3-5-7-11)14(17)12(15(18)19)8-13(16)20-2/h3-7,10,12,14,17H,8-9H2,1-2H3. The number of benzene rings is 1. The number of esters is 1. The maximum Gasteiger partial charge on any atom is 0.312 e. The van der Waals surface area contributed by atoms with Gasteiger partial charge in [-0.2, -0.15) is 0 Å². The van der Waals surface area contributed by atoms with Gasteiger partial charge in [-0.15, -0.1) is 0 Å². The van der Waals surface area contributed by atoms with E-state index >= 15 is 0 Å². The molecule has 0 saturated carbocycles. The van der Waals surface area contributed by atoms with Gasteiger partial charge in [0.15, 0.2) is 0 Å². The predicted octanol–water partition coefficient (Wildman–Crippen LogP) is 1.16. The van der Waals surface area contributed by atoms with E-state index in [4.69, 9.17) is 4.74 Å². The van der Waals surface area contributed by atoms with Gasteiger partial charge in [0.25, 0.3) is 6.04 Å². The summed E-state index contributed by atoms with van der Waals surface area (Å²) < 4.78 is 9.82. The molecule has 0 heterocycles. The van der Waals surface area contributed by atoms with Crippen molar-refractivity contribution in [3.8, 4) is 0 Å². The van der Waals surface area contributed by atoms with Gasteiger partial charge in [-0.25, -0.2) is 0 Å². The van der Waals surface area contributed by atoms with E-state index in [9.17, 15) is 20.0 Å². The zero-order valence-electron chi connectivity index (χ0n) is 12.0. The van der Waals surface area contributed by atoms with Crippen LogP contribution in [0, 0.1) is 10.1 Å². The first kappa shape index (κ1) is 17.1. The van der Waals surface area contributed by atoms with E-state index in [0.29, 0.717) is 0 Å². The maximum atomic E-state index is 11.2. The summed E-state index contributed by atoms with van der Waals surface area (Å²) in [5.74, 6) is -0.744. The number of carbonyl (C=O) groups is 1. The Labute approximate surface area is 122 Å². The van der Waals surface area contributed by atoms with Crippen molar-refractivity contribution in [3.05, 3.63) is 46.0 Å². The van der Waals surface area contributed by atoms with Crippen LogP contribution in [0.4, 0.5) is 0 Å². The quantitative estimate of drug-likeness (QED) is 0.439. The van der Waals surface area contributed by atoms with Gasteiger partial charge in [-0.3, -0.25) is 14.9 Å². The van der Waals surface area contributed by atoms with Crippen molar-refractivity contribution >= 4 is 5.97 Å². The lowest BCUT2D eigenvalue weighted by Gasteiger charge is -2.22. The van der Waals surface area contributed by atoms with Crippen LogP contribution in [0.5, 0.6) is 0 Å². The number of nitro groups is 1. The third kappa shape index (κ3) is 5.49. The number of aliphatic hydroxyl groups is 1. The molecule has 3 unspecified atom stereocenters. The van der Waals surface area contributed by atoms with Crippen molar-refractivity contribution < 1.29 is 24.3 Å². The molecule has 0 radical (unpaired) electrons. The number of ether oxygens (including phenoxy) is 2. The second-order valence-electron chi connectivity index (χ2n) is 4.63. The second kappa shape index (κ2) is 8.33. The van der Waals surface area contributed by atoms with Gasteiger partial charge >= 0.3 is 5.97 Å². The summed E-state index contributed by atoms with van der Waals surface area (Å²) in [6, 6.07) is 7.79. The molecule has 1 N–H and O–H groups in total. The molecule has 3 atom stereocenters. The molecule has 1 rings (SSSR count). The zero-order chi connectivity index (χ0) is 15.8. The number of nitrogens with zero attached hydrogens (tertiary/aromatic N) is 1. The van der Waals surface area contributed by atoms with Crippen molar-refractivity contribution in [1.29, 1.82) is 0 Å². The summed E-state index contributed by atoms with van der Waals surface area (Å²) in [4.78, 5) is 21.4. The van der Waals surface area contributed by atoms with Gasteiger partial charge in [0.05, 0.1) is 19.8 Å². The molecule has 1 aromatic carbocycles. The molecule has 7 heteroatoms. The third-order valence-electron chi connectivity index (χ3n) is 3.11. The van der Waals surface area contributed by atoms with Crippen LogP contribution in [-0.2, 0) is 20.9 Å². The van der Waals surface area contributed by atoms with Gasteiger partial charge in [-0.1, -0.05) is 30.3 Å². The summed E-state index contributed by atoms with van der Waals surface area (Å²) in [7, 11) is 1.14. The van der Waals surface area contributed by atoms with E-state index in [1.54, 1.807) is 0 Å². The van der Waals surface area contributed by atoms with Crippen molar-refractivity contribution in [2.45, 2.75) is 38.2 Å². The highest BCUT2D eigenvalue weighted by Gasteiger charge is 2.37. The second-order valence-corrected chi connectivity index (χ2v) is 4.63. The van der Waals surface area contributed by atoms with E-state index in [0.717, 1.165) is 12.7 Å². The lowest BCUT2D eigenvalue weighted by molar-refractivity contribution is -0.536. The lowest BCUT2D eigenvalue weighted by atomic mass is 10.0. The monoisotopic (exact) mass is 297 g/mol. The molecular formula is C14H19NO6. The fourth-order valence-electron chi connectivity index (χ4n) is 1.79. The number of hydrogen-bond acceptors (Lipinski definition) is 6. The molecule has 0 aromatic heterocycles. The Bertz CT molecular complexity index is 464. The van der Waals surface area contributed by atoms with Gasteiger partial charge in [0, 0.05) is 4.92 Å². The van der Waals surface area contributed by atoms with Crippen LogP contribution in [0.1, 0.15) is 18.9 Å².